The van der Waals surface area contributed by atoms with E-state index in [0.717, 1.165) is 0 Å². The first-order valence-electron chi connectivity index (χ1n) is 8.30. The molecule has 8 heteroatoms. The maximum absolute atomic E-state index is 12.4. The third-order valence-corrected chi connectivity index (χ3v) is 4.47. The van der Waals surface area contributed by atoms with Crippen molar-refractivity contribution in [1.82, 2.24) is 10.2 Å². The quantitative estimate of drug-likeness (QED) is 0.704. The molecule has 25 heavy (non-hydrogen) atoms. The van der Waals surface area contributed by atoms with Gasteiger partial charge in [-0.05, 0) is 51.1 Å². The summed E-state index contributed by atoms with van der Waals surface area (Å²) in [5, 5.41) is 5.82. The van der Waals surface area contributed by atoms with Crippen molar-refractivity contribution in [3.8, 4) is 0 Å². The van der Waals surface area contributed by atoms with Crippen LogP contribution in [0, 0.1) is 5.92 Å². The van der Waals surface area contributed by atoms with Crippen LogP contribution in [0.3, 0.4) is 0 Å². The molecular weight excluding hydrogens is 344 g/mol. The van der Waals surface area contributed by atoms with Crippen LogP contribution in [0.5, 0.6) is 0 Å². The summed E-state index contributed by atoms with van der Waals surface area (Å²) in [4.78, 5) is 37.1. The van der Waals surface area contributed by atoms with Gasteiger partial charge in [-0.25, -0.2) is 0 Å². The molecule has 0 unspecified atom stereocenters. The average Bonchev–Trinajstić information content (AvgIpc) is 2.55. The number of rotatable bonds is 6. The first kappa shape index (κ1) is 19.2. The normalized spacial score (nSPS) is 15.6. The van der Waals surface area contributed by atoms with Crippen molar-refractivity contribution >= 4 is 35.0 Å². The van der Waals surface area contributed by atoms with E-state index in [-0.39, 0.29) is 30.2 Å². The van der Waals surface area contributed by atoms with Crippen molar-refractivity contribution in [2.45, 2.75) is 19.8 Å². The lowest BCUT2D eigenvalue weighted by molar-refractivity contribution is -0.122. The summed E-state index contributed by atoms with van der Waals surface area (Å²) in [7, 11) is 0. The van der Waals surface area contributed by atoms with E-state index in [1.165, 1.54) is 0 Å². The number of primary amides is 1. The SMILES string of the molecule is CCNC(=O)c1ccc(NC(=O)C2CCN(CC(N)=O)CC2)cc1Cl. The van der Waals surface area contributed by atoms with Crippen molar-refractivity contribution in [1.29, 1.82) is 0 Å². The summed E-state index contributed by atoms with van der Waals surface area (Å²) < 4.78 is 0. The van der Waals surface area contributed by atoms with Gasteiger partial charge in [0.15, 0.2) is 0 Å². The second-order valence-electron chi connectivity index (χ2n) is 6.06. The van der Waals surface area contributed by atoms with Gasteiger partial charge in [-0.1, -0.05) is 11.6 Å². The maximum Gasteiger partial charge on any atom is 0.252 e. The van der Waals surface area contributed by atoms with Gasteiger partial charge < -0.3 is 16.4 Å². The number of likely N-dealkylation sites (tertiary alicyclic amines) is 1. The topological polar surface area (TPSA) is 105 Å². The van der Waals surface area contributed by atoms with Crippen LogP contribution in [0.2, 0.25) is 5.02 Å². The number of benzene rings is 1. The molecule has 1 saturated heterocycles. The highest BCUT2D eigenvalue weighted by Crippen LogP contribution is 2.23. The van der Waals surface area contributed by atoms with E-state index in [4.69, 9.17) is 17.3 Å². The van der Waals surface area contributed by atoms with Crippen LogP contribution >= 0.6 is 11.6 Å². The van der Waals surface area contributed by atoms with Crippen molar-refractivity contribution in [3.05, 3.63) is 28.8 Å². The molecule has 1 heterocycles. The number of nitrogens with one attached hydrogen (secondary N) is 2. The van der Waals surface area contributed by atoms with Crippen LogP contribution in [0.1, 0.15) is 30.1 Å². The molecule has 3 amide bonds. The summed E-state index contributed by atoms with van der Waals surface area (Å²) in [5.41, 5.74) is 6.12. The van der Waals surface area contributed by atoms with Crippen molar-refractivity contribution in [3.63, 3.8) is 0 Å². The van der Waals surface area contributed by atoms with Crippen LogP contribution in [0.4, 0.5) is 5.69 Å². The van der Waals surface area contributed by atoms with Crippen molar-refractivity contribution in [2.24, 2.45) is 11.7 Å². The third-order valence-electron chi connectivity index (χ3n) is 4.16. The number of halogens is 1. The van der Waals surface area contributed by atoms with Gasteiger partial charge in [0, 0.05) is 18.2 Å². The van der Waals surface area contributed by atoms with Crippen LogP contribution in [-0.2, 0) is 9.59 Å². The lowest BCUT2D eigenvalue weighted by Gasteiger charge is -2.30. The van der Waals surface area contributed by atoms with Crippen LogP contribution in [0.25, 0.3) is 0 Å². The molecule has 1 fully saturated rings. The Kier molecular flexibility index (Phi) is 6.78. The van der Waals surface area contributed by atoms with Gasteiger partial charge in [-0.2, -0.15) is 0 Å². The maximum atomic E-state index is 12.4. The fraction of sp³-hybridized carbons (Fsp3) is 0.471. The minimum absolute atomic E-state index is 0.0828. The Bertz CT molecular complexity index is 657. The second kappa shape index (κ2) is 8.82. The number of carbonyl (C=O) groups excluding carboxylic acids is 3. The number of hydrogen-bond donors (Lipinski definition) is 3. The Morgan fingerprint density at radius 1 is 1.28 bits per heavy atom. The highest BCUT2D eigenvalue weighted by atomic mass is 35.5. The Morgan fingerprint density at radius 3 is 2.52 bits per heavy atom. The van der Waals surface area contributed by atoms with Gasteiger partial charge in [0.2, 0.25) is 11.8 Å². The predicted octanol–water partition coefficient (Wildman–Crippen LogP) is 1.23. The lowest BCUT2D eigenvalue weighted by Crippen LogP contribution is -2.42. The van der Waals surface area contributed by atoms with Gasteiger partial charge in [-0.15, -0.1) is 0 Å². The highest BCUT2D eigenvalue weighted by Gasteiger charge is 2.25. The van der Waals surface area contributed by atoms with Gasteiger partial charge in [0.05, 0.1) is 17.1 Å². The molecule has 136 valence electrons. The second-order valence-corrected chi connectivity index (χ2v) is 6.47. The summed E-state index contributed by atoms with van der Waals surface area (Å²) in [6.45, 7) is 3.90. The fourth-order valence-corrected chi connectivity index (χ4v) is 3.12. The number of nitrogens with zero attached hydrogens (tertiary/aromatic N) is 1. The molecule has 0 atom stereocenters. The van der Waals surface area contributed by atoms with Crippen LogP contribution in [-0.4, -0.2) is 48.8 Å². The fourth-order valence-electron chi connectivity index (χ4n) is 2.85. The first-order valence-corrected chi connectivity index (χ1v) is 8.67. The number of piperidine rings is 1. The largest absolute Gasteiger partial charge is 0.369 e. The van der Waals surface area contributed by atoms with E-state index < -0.39 is 0 Å². The van der Waals surface area contributed by atoms with Crippen LogP contribution in [0.15, 0.2) is 18.2 Å². The monoisotopic (exact) mass is 366 g/mol. The van der Waals surface area contributed by atoms with E-state index in [2.05, 4.69) is 10.6 Å². The lowest BCUT2D eigenvalue weighted by atomic mass is 9.95. The number of amides is 3. The zero-order valence-corrected chi connectivity index (χ0v) is 14.9. The minimum atomic E-state index is -0.357. The van der Waals surface area contributed by atoms with E-state index >= 15 is 0 Å². The van der Waals surface area contributed by atoms with E-state index in [0.29, 0.717) is 48.7 Å². The molecule has 1 aliphatic rings. The Balaban J connectivity index is 1.92. The first-order chi connectivity index (χ1) is 11.9. The average molecular weight is 367 g/mol. The zero-order chi connectivity index (χ0) is 18.4. The molecule has 0 spiro atoms. The van der Waals surface area contributed by atoms with Gasteiger partial charge in [0.1, 0.15) is 0 Å². The minimum Gasteiger partial charge on any atom is -0.369 e. The summed E-state index contributed by atoms with van der Waals surface area (Å²) in [6.07, 6.45) is 1.34. The zero-order valence-electron chi connectivity index (χ0n) is 14.2. The third kappa shape index (κ3) is 5.44. The Morgan fingerprint density at radius 2 is 1.96 bits per heavy atom. The van der Waals surface area contributed by atoms with E-state index in [1.54, 1.807) is 18.2 Å². The molecule has 0 aromatic heterocycles. The number of nitrogens with two attached hydrogens (primary N) is 1. The molecule has 7 nitrogen and oxygen atoms in total. The van der Waals surface area contributed by atoms with E-state index in [9.17, 15) is 14.4 Å². The van der Waals surface area contributed by atoms with Crippen LogP contribution < -0.4 is 16.4 Å². The number of carbonyl (C=O) groups is 3. The molecule has 2 rings (SSSR count). The Hall–Kier alpha value is -2.12. The summed E-state index contributed by atoms with van der Waals surface area (Å²) in [5.74, 6) is -0.802. The van der Waals surface area contributed by atoms with Crippen molar-refractivity contribution < 1.29 is 14.4 Å². The van der Waals surface area contributed by atoms with E-state index in [1.807, 2.05) is 11.8 Å². The van der Waals surface area contributed by atoms with Gasteiger partial charge in [0.25, 0.3) is 5.91 Å². The summed E-state index contributed by atoms with van der Waals surface area (Å²) >= 11 is 6.13. The number of anilines is 1. The molecule has 1 aromatic rings. The molecule has 0 bridgehead atoms. The van der Waals surface area contributed by atoms with Gasteiger partial charge in [-0.3, -0.25) is 19.3 Å². The molecule has 1 aromatic carbocycles. The molecular formula is C17H23ClN4O3. The molecule has 1 aliphatic heterocycles. The Labute approximate surface area is 151 Å². The molecule has 0 radical (unpaired) electrons. The predicted molar refractivity (Wildman–Crippen MR) is 96.4 cm³/mol. The standard InChI is InChI=1S/C17H23ClN4O3/c1-2-20-17(25)13-4-3-12(9-14(13)18)21-16(24)11-5-7-22(8-6-11)10-15(19)23/h3-4,9,11H,2,5-8,10H2,1H3,(H2,19,23)(H,20,25)(H,21,24). The van der Waals surface area contributed by atoms with Crippen molar-refractivity contribution in [2.75, 3.05) is 31.5 Å². The molecule has 0 saturated carbocycles. The molecule has 0 aliphatic carbocycles. The smallest absolute Gasteiger partial charge is 0.252 e. The number of hydrogen-bond acceptors (Lipinski definition) is 4. The molecule has 4 N–H and O–H groups in total. The highest BCUT2D eigenvalue weighted by molar-refractivity contribution is 6.34. The van der Waals surface area contributed by atoms with Gasteiger partial charge >= 0.3 is 0 Å². The summed E-state index contributed by atoms with van der Waals surface area (Å²) in [6, 6.07) is 4.83.